The number of hydrogen-bond acceptors (Lipinski definition) is 2. The zero-order valence-corrected chi connectivity index (χ0v) is 32.8. The number of benzene rings is 6. The molecule has 55 heavy (non-hydrogen) atoms. The minimum atomic E-state index is -2.10. The molecule has 5 nitrogen and oxygen atoms in total. The van der Waals surface area contributed by atoms with Crippen LogP contribution < -0.4 is 14.5 Å². The van der Waals surface area contributed by atoms with E-state index in [1.54, 1.807) is 0 Å². The van der Waals surface area contributed by atoms with E-state index in [2.05, 4.69) is 106 Å². The summed E-state index contributed by atoms with van der Waals surface area (Å²) in [4.78, 5) is 4.84. The molecular formula is C49H44N4OSi. The van der Waals surface area contributed by atoms with Gasteiger partial charge >= 0.3 is 0 Å². The first-order valence-corrected chi connectivity index (χ1v) is 22.1. The maximum atomic E-state index is 8.93. The van der Waals surface area contributed by atoms with Gasteiger partial charge < -0.3 is 4.74 Å². The lowest BCUT2D eigenvalue weighted by Crippen LogP contribution is -2.47. The number of aromatic nitrogens is 4. The monoisotopic (exact) mass is 737 g/mol. The maximum Gasteiger partial charge on any atom is 0.269 e. The molecule has 0 fully saturated rings. The third-order valence-electron chi connectivity index (χ3n) is 10.2. The largest absolute Gasteiger partial charge is 0.458 e. The predicted molar refractivity (Wildman–Crippen MR) is 229 cm³/mol. The fourth-order valence-corrected chi connectivity index (χ4v) is 9.04. The molecule has 0 aliphatic rings. The van der Waals surface area contributed by atoms with Gasteiger partial charge in [-0.15, -0.1) is 0 Å². The van der Waals surface area contributed by atoms with Gasteiger partial charge in [-0.1, -0.05) is 137 Å². The molecule has 9 rings (SSSR count). The van der Waals surface area contributed by atoms with E-state index in [9.17, 15) is 0 Å². The van der Waals surface area contributed by atoms with Gasteiger partial charge in [0.2, 0.25) is 0 Å². The highest BCUT2D eigenvalue weighted by molar-refractivity contribution is 6.89. The van der Waals surface area contributed by atoms with Crippen molar-refractivity contribution in [2.75, 3.05) is 0 Å². The molecule has 6 heteroatoms. The van der Waals surface area contributed by atoms with Crippen molar-refractivity contribution >= 4 is 46.1 Å². The Morgan fingerprint density at radius 1 is 0.709 bits per heavy atom. The second kappa shape index (κ2) is 13.3. The molecule has 0 spiro atoms. The summed E-state index contributed by atoms with van der Waals surface area (Å²) in [7, 11) is -2.10. The van der Waals surface area contributed by atoms with Crippen LogP contribution in [0.1, 0.15) is 33.2 Å². The Morgan fingerprint density at radius 2 is 1.44 bits per heavy atom. The van der Waals surface area contributed by atoms with Crippen LogP contribution in [0.2, 0.25) is 19.6 Å². The number of ether oxygens (including phenoxy) is 1. The molecular weight excluding hydrogens is 689 g/mol. The number of pyridine rings is 1. The van der Waals surface area contributed by atoms with Crippen molar-refractivity contribution in [3.63, 3.8) is 0 Å². The zero-order valence-electron chi connectivity index (χ0n) is 36.8. The lowest BCUT2D eigenvalue weighted by atomic mass is 9.88. The predicted octanol–water partition coefficient (Wildman–Crippen LogP) is 11.5. The molecule has 3 aromatic heterocycles. The summed E-state index contributed by atoms with van der Waals surface area (Å²) >= 11 is 0. The van der Waals surface area contributed by atoms with Crippen molar-refractivity contribution in [1.82, 2.24) is 14.1 Å². The summed E-state index contributed by atoms with van der Waals surface area (Å²) < 4.78 is 56.0. The van der Waals surface area contributed by atoms with E-state index in [-0.39, 0.29) is 35.1 Å². The Kier molecular flexibility index (Phi) is 7.03. The second-order valence-electron chi connectivity index (χ2n) is 16.0. The highest BCUT2D eigenvalue weighted by Crippen LogP contribution is 2.36. The molecule has 0 amide bonds. The van der Waals surface area contributed by atoms with E-state index in [1.807, 2.05) is 82.1 Å². The second-order valence-corrected chi connectivity index (χ2v) is 21.0. The lowest BCUT2D eigenvalue weighted by Gasteiger charge is -2.24. The van der Waals surface area contributed by atoms with Gasteiger partial charge in [0.1, 0.15) is 17.3 Å². The van der Waals surface area contributed by atoms with Gasteiger partial charge in [-0.05, 0) is 75.8 Å². The van der Waals surface area contributed by atoms with Crippen molar-refractivity contribution in [1.29, 1.82) is 0 Å². The zero-order chi connectivity index (χ0) is 42.2. The third-order valence-corrected chi connectivity index (χ3v) is 12.2. The Balaban J connectivity index is 1.17. The molecule has 0 unspecified atom stereocenters. The van der Waals surface area contributed by atoms with Crippen LogP contribution in [-0.2, 0) is 5.41 Å². The summed E-state index contributed by atoms with van der Waals surface area (Å²) in [6, 6.07) is 39.0. The van der Waals surface area contributed by atoms with Crippen molar-refractivity contribution in [2.45, 2.75) is 45.8 Å². The highest BCUT2D eigenvalue weighted by atomic mass is 28.3. The smallest absolute Gasteiger partial charge is 0.269 e. The van der Waals surface area contributed by atoms with Gasteiger partial charge in [0.15, 0.2) is 0 Å². The third kappa shape index (κ3) is 6.22. The van der Waals surface area contributed by atoms with E-state index in [4.69, 9.17) is 16.6 Å². The normalized spacial score (nSPS) is 13.5. The van der Waals surface area contributed by atoms with E-state index in [0.717, 1.165) is 55.2 Å². The molecule has 0 aliphatic heterocycles. The minimum absolute atomic E-state index is 0.0399. The molecule has 9 aromatic rings. The van der Waals surface area contributed by atoms with Crippen LogP contribution in [0.25, 0.3) is 61.2 Å². The summed E-state index contributed by atoms with van der Waals surface area (Å²) in [5.41, 5.74) is 7.24. The fourth-order valence-electron chi connectivity index (χ4n) is 7.48. The van der Waals surface area contributed by atoms with Crippen LogP contribution in [0.3, 0.4) is 0 Å². The van der Waals surface area contributed by atoms with Crippen LogP contribution in [0, 0.1) is 6.33 Å². The van der Waals surface area contributed by atoms with E-state index < -0.39 is 14.1 Å². The van der Waals surface area contributed by atoms with Crippen LogP contribution in [0.15, 0.2) is 158 Å². The van der Waals surface area contributed by atoms with Crippen LogP contribution in [0.4, 0.5) is 0 Å². The van der Waals surface area contributed by atoms with Crippen molar-refractivity contribution in [3.8, 4) is 39.8 Å². The van der Waals surface area contributed by atoms with Gasteiger partial charge in [0, 0.05) is 23.0 Å². The number of hydrogen-bond donors (Lipinski definition) is 0. The molecule has 0 N–H and O–H groups in total. The van der Waals surface area contributed by atoms with Gasteiger partial charge in [-0.3, -0.25) is 13.7 Å². The molecule has 3 heterocycles. The molecule has 270 valence electrons. The fraction of sp³-hybridized carbons (Fsp3) is 0.143. The summed E-state index contributed by atoms with van der Waals surface area (Å²) in [5.74, 6) is 2.17. The number of nitrogens with zero attached hydrogens (tertiary/aromatic N) is 4. The van der Waals surface area contributed by atoms with Gasteiger partial charge in [0.25, 0.3) is 6.33 Å². The van der Waals surface area contributed by atoms with Gasteiger partial charge in [-0.25, -0.2) is 4.98 Å². The molecule has 0 saturated carbocycles. The minimum Gasteiger partial charge on any atom is -0.458 e. The number of rotatable bonds is 7. The van der Waals surface area contributed by atoms with Crippen LogP contribution in [0.5, 0.6) is 11.5 Å². The Morgan fingerprint density at radius 3 is 2.24 bits per heavy atom. The van der Waals surface area contributed by atoms with E-state index in [1.165, 1.54) is 5.56 Å². The number of fused-ring (bicyclic) bond motifs is 4. The van der Waals surface area contributed by atoms with E-state index >= 15 is 0 Å². The molecule has 0 saturated heterocycles. The quantitative estimate of drug-likeness (QED) is 0.0927. The Hall–Kier alpha value is -6.24. The van der Waals surface area contributed by atoms with Crippen molar-refractivity contribution in [2.24, 2.45) is 0 Å². The molecule has 0 atom stereocenters. The van der Waals surface area contributed by atoms with Crippen LogP contribution in [-0.4, -0.2) is 22.2 Å². The number of imidazole rings is 1. The van der Waals surface area contributed by atoms with E-state index in [0.29, 0.717) is 17.1 Å². The summed E-state index contributed by atoms with van der Waals surface area (Å²) in [5, 5.41) is 3.31. The molecule has 0 radical (unpaired) electrons. The van der Waals surface area contributed by atoms with Crippen LogP contribution >= 0.6 is 0 Å². The standard InChI is InChI=1S/C49H44N4OSi/c1-49(2,3)35-28-29-50-47(30-35)53-42-22-11-10-20-40(42)41-27-26-38(32-45(41)53)54-37-19-14-18-36(31-37)51-33-52(44-24-13-12-23-43(44)51)48-39(34-16-8-7-9-17-34)21-15-25-46(48)55(4,5)6/h7-32H,1-6H3/i7D,8D,9D,16D,17D. The van der Waals surface area contributed by atoms with Gasteiger partial charge in [-0.2, -0.15) is 0 Å². The Bertz CT molecular complexity index is 3150. The first kappa shape index (κ1) is 29.2. The number of para-hydroxylation sites is 4. The average Bonchev–Trinajstić information content (AvgIpc) is 3.78. The average molecular weight is 738 g/mol. The topological polar surface area (TPSA) is 35.9 Å². The molecule has 6 aromatic carbocycles. The molecule has 0 aliphatic carbocycles. The first-order valence-electron chi connectivity index (χ1n) is 21.1. The Labute approximate surface area is 330 Å². The summed E-state index contributed by atoms with van der Waals surface area (Å²) in [6.45, 7) is 13.4. The SMILES string of the molecule is [2H]c1c([2H])c([2H])c(-c2cccc([Si](C)(C)C)c2-[n+]2[c-]n(-c3cccc(Oc4ccc5c6ccccc6n(-c6cc(C(C)(C)C)ccn6)c5c4)c3)c3ccccc32)c([2H])c1[2H]. The van der Waals surface area contributed by atoms with Crippen molar-refractivity contribution < 1.29 is 16.2 Å². The molecule has 0 bridgehead atoms. The maximum absolute atomic E-state index is 8.93. The first-order chi connectivity index (χ1) is 28.6. The highest BCUT2D eigenvalue weighted by Gasteiger charge is 2.26. The lowest BCUT2D eigenvalue weighted by molar-refractivity contribution is -0.570. The van der Waals surface area contributed by atoms with Gasteiger partial charge in [0.05, 0.1) is 48.4 Å². The van der Waals surface area contributed by atoms with Crippen molar-refractivity contribution in [3.05, 3.63) is 170 Å². The summed E-state index contributed by atoms with van der Waals surface area (Å²) in [6.07, 6.45) is 5.51.